The first-order valence-corrected chi connectivity index (χ1v) is 8.06. The fraction of sp³-hybridized carbons (Fsp3) is 0.846. The molecule has 1 aliphatic carbocycles. The fourth-order valence-electron chi connectivity index (χ4n) is 2.60. The van der Waals surface area contributed by atoms with Crippen LogP contribution in [0.25, 0.3) is 0 Å². The first-order valence-electron chi connectivity index (χ1n) is 7.01. The van der Waals surface area contributed by atoms with E-state index in [-0.39, 0.29) is 17.4 Å². The number of hydrogen-bond donors (Lipinski definition) is 2. The van der Waals surface area contributed by atoms with E-state index in [9.17, 15) is 14.7 Å². The zero-order chi connectivity index (χ0) is 14.0. The molecule has 0 aromatic carbocycles. The van der Waals surface area contributed by atoms with Crippen molar-refractivity contribution in [2.24, 2.45) is 5.92 Å². The number of aliphatic carboxylic acids is 1. The third kappa shape index (κ3) is 3.16. The Kier molecular flexibility index (Phi) is 4.60. The molecular weight excluding hydrogens is 264 g/mol. The summed E-state index contributed by atoms with van der Waals surface area (Å²) in [5.41, 5.74) is 0. The van der Waals surface area contributed by atoms with Crippen LogP contribution >= 0.6 is 11.8 Å². The molecule has 0 spiro atoms. The summed E-state index contributed by atoms with van der Waals surface area (Å²) in [6, 6.07) is -0.628. The van der Waals surface area contributed by atoms with E-state index >= 15 is 0 Å². The van der Waals surface area contributed by atoms with Crippen molar-refractivity contribution in [3.8, 4) is 0 Å². The van der Waals surface area contributed by atoms with Gasteiger partial charge in [0.2, 0.25) is 0 Å². The molecule has 0 aromatic rings. The smallest absolute Gasteiger partial charge is 0.327 e. The van der Waals surface area contributed by atoms with Gasteiger partial charge in [-0.05, 0) is 18.8 Å². The van der Waals surface area contributed by atoms with E-state index in [0.29, 0.717) is 11.7 Å². The predicted octanol–water partition coefficient (Wildman–Crippen LogP) is 2.12. The van der Waals surface area contributed by atoms with Crippen LogP contribution < -0.4 is 5.32 Å². The minimum Gasteiger partial charge on any atom is -0.480 e. The molecule has 5 nitrogen and oxygen atoms in total. The summed E-state index contributed by atoms with van der Waals surface area (Å²) in [5, 5.41) is 12.2. The van der Waals surface area contributed by atoms with Crippen LogP contribution in [-0.2, 0) is 4.79 Å². The molecule has 2 N–H and O–H groups in total. The summed E-state index contributed by atoms with van der Waals surface area (Å²) >= 11 is 1.58. The molecule has 19 heavy (non-hydrogen) atoms. The second kappa shape index (κ2) is 6.03. The van der Waals surface area contributed by atoms with Crippen LogP contribution in [0.3, 0.4) is 0 Å². The van der Waals surface area contributed by atoms with E-state index in [0.717, 1.165) is 25.7 Å². The number of urea groups is 1. The van der Waals surface area contributed by atoms with Gasteiger partial charge in [0.1, 0.15) is 6.04 Å². The lowest BCUT2D eigenvalue weighted by molar-refractivity contribution is -0.141. The van der Waals surface area contributed by atoms with Gasteiger partial charge in [-0.15, -0.1) is 11.8 Å². The maximum atomic E-state index is 12.3. The summed E-state index contributed by atoms with van der Waals surface area (Å²) in [7, 11) is 0. The van der Waals surface area contributed by atoms with Crippen molar-refractivity contribution in [1.82, 2.24) is 10.2 Å². The zero-order valence-corrected chi connectivity index (χ0v) is 12.3. The molecule has 1 heterocycles. The Morgan fingerprint density at radius 2 is 2.16 bits per heavy atom. The molecule has 2 rings (SSSR count). The van der Waals surface area contributed by atoms with Crippen molar-refractivity contribution in [1.29, 1.82) is 0 Å². The molecule has 4 unspecified atom stereocenters. The van der Waals surface area contributed by atoms with Crippen LogP contribution in [-0.4, -0.2) is 45.2 Å². The number of hydrogen-bond acceptors (Lipinski definition) is 3. The van der Waals surface area contributed by atoms with Crippen molar-refractivity contribution >= 4 is 23.8 Å². The highest BCUT2D eigenvalue weighted by Crippen LogP contribution is 2.36. The maximum absolute atomic E-state index is 12.3. The van der Waals surface area contributed by atoms with E-state index in [1.54, 1.807) is 16.7 Å². The van der Waals surface area contributed by atoms with Crippen LogP contribution in [0.4, 0.5) is 4.79 Å². The SMILES string of the molecule is CCCC1SCC(C(=O)O)N1C(=O)NC1CC1CC. The van der Waals surface area contributed by atoms with E-state index < -0.39 is 12.0 Å². The predicted molar refractivity (Wildman–Crippen MR) is 75.1 cm³/mol. The van der Waals surface area contributed by atoms with Gasteiger partial charge in [0.15, 0.2) is 0 Å². The lowest BCUT2D eigenvalue weighted by atomic mass is 10.2. The number of carboxylic acid groups (broad SMARTS) is 1. The number of amides is 2. The van der Waals surface area contributed by atoms with Crippen molar-refractivity contribution in [3.05, 3.63) is 0 Å². The number of nitrogens with one attached hydrogen (secondary N) is 1. The third-order valence-electron chi connectivity index (χ3n) is 3.90. The van der Waals surface area contributed by atoms with Gasteiger partial charge in [0.05, 0.1) is 5.37 Å². The summed E-state index contributed by atoms with van der Waals surface area (Å²) in [5.74, 6) is 0.172. The van der Waals surface area contributed by atoms with Gasteiger partial charge in [0.25, 0.3) is 0 Å². The largest absolute Gasteiger partial charge is 0.480 e. The van der Waals surface area contributed by atoms with Gasteiger partial charge in [-0.1, -0.05) is 26.7 Å². The van der Waals surface area contributed by atoms with E-state index in [1.807, 2.05) is 0 Å². The highest BCUT2D eigenvalue weighted by Gasteiger charge is 2.44. The summed E-state index contributed by atoms with van der Waals surface area (Å²) < 4.78 is 0. The molecule has 4 atom stereocenters. The molecule has 0 radical (unpaired) electrons. The van der Waals surface area contributed by atoms with Crippen LogP contribution in [0.2, 0.25) is 0 Å². The van der Waals surface area contributed by atoms with Crippen LogP contribution in [0.1, 0.15) is 39.5 Å². The van der Waals surface area contributed by atoms with Gasteiger partial charge >= 0.3 is 12.0 Å². The minimum absolute atomic E-state index is 0.00456. The molecule has 108 valence electrons. The normalized spacial score (nSPS) is 33.3. The monoisotopic (exact) mass is 286 g/mol. The number of nitrogens with zero attached hydrogens (tertiary/aromatic N) is 1. The first-order chi connectivity index (χ1) is 9.08. The molecule has 1 aliphatic heterocycles. The Balaban J connectivity index is 1.99. The Bertz CT molecular complexity index is 364. The van der Waals surface area contributed by atoms with E-state index in [1.165, 1.54) is 0 Å². The van der Waals surface area contributed by atoms with Gasteiger partial charge in [-0.2, -0.15) is 0 Å². The summed E-state index contributed by atoms with van der Waals surface area (Å²) in [6.45, 7) is 4.17. The van der Waals surface area contributed by atoms with Gasteiger partial charge in [-0.25, -0.2) is 9.59 Å². The van der Waals surface area contributed by atoms with Crippen LogP contribution in [0.15, 0.2) is 0 Å². The molecule has 0 aromatic heterocycles. The summed E-state index contributed by atoms with van der Waals surface area (Å²) in [4.78, 5) is 25.1. The first kappa shape index (κ1) is 14.5. The molecule has 1 saturated heterocycles. The van der Waals surface area contributed by atoms with Gasteiger partial charge in [0, 0.05) is 11.8 Å². The molecule has 1 saturated carbocycles. The summed E-state index contributed by atoms with van der Waals surface area (Å²) in [6.07, 6.45) is 3.90. The van der Waals surface area contributed by atoms with E-state index in [2.05, 4.69) is 19.2 Å². The number of carboxylic acids is 1. The van der Waals surface area contributed by atoms with Crippen LogP contribution in [0, 0.1) is 5.92 Å². The Morgan fingerprint density at radius 3 is 2.68 bits per heavy atom. The third-order valence-corrected chi connectivity index (χ3v) is 5.26. The molecule has 2 fully saturated rings. The topological polar surface area (TPSA) is 69.6 Å². The fourth-order valence-corrected chi connectivity index (χ4v) is 4.12. The van der Waals surface area contributed by atoms with Crippen molar-refractivity contribution in [3.63, 3.8) is 0 Å². The lowest BCUT2D eigenvalue weighted by Gasteiger charge is -2.27. The molecule has 2 aliphatic rings. The average molecular weight is 286 g/mol. The standard InChI is InChI=1S/C13H22N2O3S/c1-3-5-11-15(10(7-19-11)12(16)17)13(18)14-9-6-8(9)4-2/h8-11H,3-7H2,1-2H3,(H,14,18)(H,16,17). The second-order valence-corrected chi connectivity index (χ2v) is 6.51. The molecule has 6 heteroatoms. The van der Waals surface area contributed by atoms with Crippen molar-refractivity contribution < 1.29 is 14.7 Å². The highest BCUT2D eigenvalue weighted by atomic mass is 32.2. The van der Waals surface area contributed by atoms with Crippen molar-refractivity contribution in [2.75, 3.05) is 5.75 Å². The molecule has 2 amide bonds. The minimum atomic E-state index is -0.899. The Hall–Kier alpha value is -0.910. The zero-order valence-electron chi connectivity index (χ0n) is 11.5. The number of thioether (sulfide) groups is 1. The lowest BCUT2D eigenvalue weighted by Crippen LogP contribution is -2.50. The Morgan fingerprint density at radius 1 is 1.42 bits per heavy atom. The molecular formula is C13H22N2O3S. The quantitative estimate of drug-likeness (QED) is 0.812. The van der Waals surface area contributed by atoms with Gasteiger partial charge in [-0.3, -0.25) is 4.90 Å². The van der Waals surface area contributed by atoms with Crippen molar-refractivity contribution in [2.45, 2.75) is 57.0 Å². The maximum Gasteiger partial charge on any atom is 0.327 e. The highest BCUT2D eigenvalue weighted by molar-refractivity contribution is 8.00. The number of carbonyl (C=O) groups is 2. The Labute approximate surface area is 118 Å². The van der Waals surface area contributed by atoms with E-state index in [4.69, 9.17) is 0 Å². The average Bonchev–Trinajstić information content (AvgIpc) is 2.97. The second-order valence-electron chi connectivity index (χ2n) is 5.30. The number of carbonyl (C=O) groups excluding carboxylic acids is 1. The molecule has 0 bridgehead atoms. The number of rotatable bonds is 5. The van der Waals surface area contributed by atoms with Crippen LogP contribution in [0.5, 0.6) is 0 Å². The van der Waals surface area contributed by atoms with Gasteiger partial charge < -0.3 is 10.4 Å².